The lowest BCUT2D eigenvalue weighted by Crippen LogP contribution is -2.58. The van der Waals surface area contributed by atoms with Crippen LogP contribution in [0, 0.1) is 11.2 Å². The van der Waals surface area contributed by atoms with Gasteiger partial charge in [0.1, 0.15) is 5.82 Å². The molecule has 0 saturated heterocycles. The van der Waals surface area contributed by atoms with Gasteiger partial charge in [0, 0.05) is 6.42 Å². The van der Waals surface area contributed by atoms with Crippen LogP contribution in [0.3, 0.4) is 0 Å². The maximum atomic E-state index is 13.2. The number of benzene rings is 1. The summed E-state index contributed by atoms with van der Waals surface area (Å²) in [7, 11) is 0. The molecule has 2 N–H and O–H groups in total. The van der Waals surface area contributed by atoms with Crippen LogP contribution in [0.1, 0.15) is 49.4 Å². The molecule has 110 valence electrons. The zero-order chi connectivity index (χ0) is 14.5. The molecule has 4 rings (SSSR count). The Balaban J connectivity index is 1.48. The van der Waals surface area contributed by atoms with E-state index in [1.54, 1.807) is 6.07 Å². The molecule has 1 spiro atoms. The van der Waals surface area contributed by atoms with Gasteiger partial charge in [-0.2, -0.15) is 4.98 Å². The fraction of sp³-hybridized carbons (Fsp3) is 0.500. The summed E-state index contributed by atoms with van der Waals surface area (Å²) in [4.78, 5) is 4.43. The van der Waals surface area contributed by atoms with Crippen LogP contribution >= 0.6 is 0 Å². The fourth-order valence-corrected chi connectivity index (χ4v) is 3.83. The molecule has 0 atom stereocenters. The second-order valence-corrected chi connectivity index (χ2v) is 6.69. The van der Waals surface area contributed by atoms with Crippen LogP contribution in [0.5, 0.6) is 0 Å². The van der Waals surface area contributed by atoms with Gasteiger partial charge in [0.25, 0.3) is 0 Å². The highest BCUT2D eigenvalue weighted by atomic mass is 19.1. The van der Waals surface area contributed by atoms with E-state index in [2.05, 4.69) is 10.1 Å². The van der Waals surface area contributed by atoms with Crippen LogP contribution in [0.15, 0.2) is 28.8 Å². The molecule has 2 saturated carbocycles. The van der Waals surface area contributed by atoms with Crippen LogP contribution in [-0.2, 0) is 12.0 Å². The monoisotopic (exact) mass is 287 g/mol. The van der Waals surface area contributed by atoms with E-state index in [1.165, 1.54) is 31.4 Å². The Kier molecular flexibility index (Phi) is 2.70. The predicted molar refractivity (Wildman–Crippen MR) is 74.9 cm³/mol. The van der Waals surface area contributed by atoms with E-state index in [1.807, 2.05) is 6.07 Å². The summed E-state index contributed by atoms with van der Waals surface area (Å²) in [6.07, 6.45) is 6.21. The lowest BCUT2D eigenvalue weighted by molar-refractivity contribution is -0.0596. The summed E-state index contributed by atoms with van der Waals surface area (Å²) in [5.74, 6) is 0.846. The third-order valence-electron chi connectivity index (χ3n) is 4.94. The third kappa shape index (κ3) is 2.16. The molecule has 0 bridgehead atoms. The number of hydrogen-bond acceptors (Lipinski definition) is 4. The van der Waals surface area contributed by atoms with E-state index in [4.69, 9.17) is 10.3 Å². The van der Waals surface area contributed by atoms with Gasteiger partial charge in [-0.25, -0.2) is 4.39 Å². The van der Waals surface area contributed by atoms with Crippen LogP contribution in [-0.4, -0.2) is 10.1 Å². The minimum atomic E-state index is -0.451. The SMILES string of the molecule is NC1(c2nc(Cc3cccc(F)c3)no2)CC2(CCC2)C1. The Morgan fingerprint density at radius 1 is 1.29 bits per heavy atom. The molecule has 0 radical (unpaired) electrons. The highest BCUT2D eigenvalue weighted by Crippen LogP contribution is 2.62. The second-order valence-electron chi connectivity index (χ2n) is 6.69. The van der Waals surface area contributed by atoms with Gasteiger partial charge in [-0.3, -0.25) is 0 Å². The van der Waals surface area contributed by atoms with Crippen molar-refractivity contribution < 1.29 is 8.91 Å². The van der Waals surface area contributed by atoms with E-state index in [0.29, 0.717) is 23.6 Å². The maximum Gasteiger partial charge on any atom is 0.246 e. The average molecular weight is 287 g/mol. The van der Waals surface area contributed by atoms with Gasteiger partial charge in [-0.05, 0) is 48.8 Å². The van der Waals surface area contributed by atoms with Crippen LogP contribution in [0.2, 0.25) is 0 Å². The first-order chi connectivity index (χ1) is 10.1. The van der Waals surface area contributed by atoms with Crippen molar-refractivity contribution in [2.45, 2.75) is 44.1 Å². The molecule has 2 aliphatic carbocycles. The number of nitrogens with two attached hydrogens (primary N) is 1. The molecule has 2 fully saturated rings. The normalized spacial score (nSPS) is 21.8. The molecule has 4 nitrogen and oxygen atoms in total. The molecule has 0 aliphatic heterocycles. The van der Waals surface area contributed by atoms with Gasteiger partial charge < -0.3 is 10.3 Å². The average Bonchev–Trinajstić information content (AvgIpc) is 2.82. The van der Waals surface area contributed by atoms with Gasteiger partial charge in [0.2, 0.25) is 5.89 Å². The zero-order valence-electron chi connectivity index (χ0n) is 11.8. The molecule has 2 aromatic rings. The first kappa shape index (κ1) is 13.0. The molecule has 21 heavy (non-hydrogen) atoms. The van der Waals surface area contributed by atoms with E-state index >= 15 is 0 Å². The molecule has 1 heterocycles. The Hall–Kier alpha value is -1.75. The molecule has 1 aromatic heterocycles. The molecule has 2 aliphatic rings. The second kappa shape index (κ2) is 4.37. The standard InChI is InChI=1S/C16H18FN3O/c17-12-4-1-3-11(7-12)8-13-19-14(21-20-13)16(18)9-15(10-16)5-2-6-15/h1,3-4,7H,2,5-6,8-10,18H2. The fourth-order valence-electron chi connectivity index (χ4n) is 3.83. The van der Waals surface area contributed by atoms with E-state index in [0.717, 1.165) is 18.4 Å². The van der Waals surface area contributed by atoms with Gasteiger partial charge >= 0.3 is 0 Å². The maximum absolute atomic E-state index is 13.2. The smallest absolute Gasteiger partial charge is 0.246 e. The topological polar surface area (TPSA) is 64.9 Å². The summed E-state index contributed by atoms with van der Waals surface area (Å²) in [6, 6.07) is 6.44. The highest BCUT2D eigenvalue weighted by molar-refractivity contribution is 5.21. The minimum Gasteiger partial charge on any atom is -0.337 e. The highest BCUT2D eigenvalue weighted by Gasteiger charge is 2.58. The molecule has 0 amide bonds. The lowest BCUT2D eigenvalue weighted by Gasteiger charge is -2.57. The summed E-state index contributed by atoms with van der Waals surface area (Å²) in [5, 5.41) is 3.99. The summed E-state index contributed by atoms with van der Waals surface area (Å²) < 4.78 is 18.5. The number of halogens is 1. The quantitative estimate of drug-likeness (QED) is 0.942. The van der Waals surface area contributed by atoms with Crippen molar-refractivity contribution in [1.29, 1.82) is 0 Å². The predicted octanol–water partition coefficient (Wildman–Crippen LogP) is 2.92. The molecule has 5 heteroatoms. The van der Waals surface area contributed by atoms with E-state index in [9.17, 15) is 4.39 Å². The molecular weight excluding hydrogens is 269 g/mol. The first-order valence-corrected chi connectivity index (χ1v) is 7.43. The zero-order valence-corrected chi connectivity index (χ0v) is 11.8. The van der Waals surface area contributed by atoms with E-state index in [-0.39, 0.29) is 5.82 Å². The Bertz CT molecular complexity index is 670. The van der Waals surface area contributed by atoms with Gasteiger partial charge in [-0.1, -0.05) is 23.7 Å². The largest absolute Gasteiger partial charge is 0.337 e. The molecular formula is C16H18FN3O. The number of nitrogens with zero attached hydrogens (tertiary/aromatic N) is 2. The third-order valence-corrected chi connectivity index (χ3v) is 4.94. The Labute approximate surface area is 122 Å². The molecule has 0 unspecified atom stereocenters. The number of rotatable bonds is 3. The first-order valence-electron chi connectivity index (χ1n) is 7.43. The number of aromatic nitrogens is 2. The van der Waals surface area contributed by atoms with Crippen LogP contribution in [0.4, 0.5) is 4.39 Å². The molecule has 1 aromatic carbocycles. The summed E-state index contributed by atoms with van der Waals surface area (Å²) in [6.45, 7) is 0. The van der Waals surface area contributed by atoms with Crippen LogP contribution < -0.4 is 5.73 Å². The van der Waals surface area contributed by atoms with Gasteiger partial charge in [-0.15, -0.1) is 0 Å². The van der Waals surface area contributed by atoms with Gasteiger partial charge in [0.05, 0.1) is 5.54 Å². The van der Waals surface area contributed by atoms with Crippen LogP contribution in [0.25, 0.3) is 0 Å². The minimum absolute atomic E-state index is 0.252. The van der Waals surface area contributed by atoms with Crippen molar-refractivity contribution in [3.63, 3.8) is 0 Å². The van der Waals surface area contributed by atoms with Crippen molar-refractivity contribution in [3.8, 4) is 0 Å². The van der Waals surface area contributed by atoms with Gasteiger partial charge in [0.15, 0.2) is 5.82 Å². The van der Waals surface area contributed by atoms with Crippen molar-refractivity contribution in [1.82, 2.24) is 10.1 Å². The van der Waals surface area contributed by atoms with Crippen molar-refractivity contribution >= 4 is 0 Å². The Morgan fingerprint density at radius 3 is 2.76 bits per heavy atom. The summed E-state index contributed by atoms with van der Waals surface area (Å²) in [5.41, 5.74) is 7.21. The van der Waals surface area contributed by atoms with Crippen molar-refractivity contribution in [2.75, 3.05) is 0 Å². The lowest BCUT2D eigenvalue weighted by atomic mass is 9.49. The van der Waals surface area contributed by atoms with E-state index < -0.39 is 5.54 Å². The summed E-state index contributed by atoms with van der Waals surface area (Å²) >= 11 is 0. The number of hydrogen-bond donors (Lipinski definition) is 1. The van der Waals surface area contributed by atoms with Crippen molar-refractivity contribution in [3.05, 3.63) is 47.4 Å². The Morgan fingerprint density at radius 2 is 2.10 bits per heavy atom. The van der Waals surface area contributed by atoms with Crippen molar-refractivity contribution in [2.24, 2.45) is 11.1 Å².